The van der Waals surface area contributed by atoms with Crippen molar-refractivity contribution >= 4 is 26.8 Å². The highest BCUT2D eigenvalue weighted by Gasteiger charge is 2.20. The molecule has 0 amide bonds. The molecule has 1 aliphatic rings. The van der Waals surface area contributed by atoms with Crippen molar-refractivity contribution in [2.24, 2.45) is 0 Å². The lowest BCUT2D eigenvalue weighted by Gasteiger charge is -2.14. The van der Waals surface area contributed by atoms with Gasteiger partial charge >= 0.3 is 0 Å². The minimum Gasteiger partial charge on any atom is -0.416 e. The van der Waals surface area contributed by atoms with Crippen LogP contribution in [0, 0.1) is 0 Å². The molecule has 4 nitrogen and oxygen atoms in total. The molecule has 4 aromatic rings. The molecule has 0 N–H and O–H groups in total. The maximum Gasteiger partial charge on any atom is 0.250 e. The summed E-state index contributed by atoms with van der Waals surface area (Å²) in [6.45, 7) is 1.04. The molecule has 0 radical (unpaired) electrons. The van der Waals surface area contributed by atoms with Crippen LogP contribution in [0.4, 0.5) is 0 Å². The molecule has 2 aromatic carbocycles. The molecule has 0 aliphatic carbocycles. The van der Waals surface area contributed by atoms with Gasteiger partial charge in [-0.2, -0.15) is 0 Å². The van der Waals surface area contributed by atoms with Gasteiger partial charge in [0.15, 0.2) is 0 Å². The first-order valence-electron chi connectivity index (χ1n) is 8.00. The van der Waals surface area contributed by atoms with E-state index in [-0.39, 0.29) is 0 Å². The van der Waals surface area contributed by atoms with E-state index >= 15 is 0 Å². The molecule has 0 bridgehead atoms. The highest BCUT2D eigenvalue weighted by molar-refractivity contribution is 9.10. The normalized spacial score (nSPS) is 13.5. The van der Waals surface area contributed by atoms with Gasteiger partial charge in [0, 0.05) is 28.2 Å². The molecule has 5 rings (SSSR count). The largest absolute Gasteiger partial charge is 0.416 e. The zero-order chi connectivity index (χ0) is 16.1. The summed E-state index contributed by atoms with van der Waals surface area (Å²) in [7, 11) is 0. The second-order valence-electron chi connectivity index (χ2n) is 6.07. The molecule has 24 heavy (non-hydrogen) atoms. The Morgan fingerprint density at radius 1 is 1.00 bits per heavy atom. The molecule has 0 saturated carbocycles. The van der Waals surface area contributed by atoms with E-state index in [4.69, 9.17) is 4.42 Å². The van der Waals surface area contributed by atoms with Crippen LogP contribution in [-0.2, 0) is 13.0 Å². The summed E-state index contributed by atoms with van der Waals surface area (Å²) in [6.07, 6.45) is 4.45. The van der Waals surface area contributed by atoms with E-state index in [1.54, 1.807) is 0 Å². The highest BCUT2D eigenvalue weighted by Crippen LogP contribution is 2.35. The number of benzene rings is 2. The van der Waals surface area contributed by atoms with E-state index in [0.717, 1.165) is 28.6 Å². The van der Waals surface area contributed by atoms with Crippen LogP contribution in [-0.4, -0.2) is 14.8 Å². The van der Waals surface area contributed by atoms with Crippen molar-refractivity contribution < 1.29 is 4.42 Å². The van der Waals surface area contributed by atoms with Crippen LogP contribution in [0.15, 0.2) is 57.6 Å². The number of rotatable bonds is 2. The summed E-state index contributed by atoms with van der Waals surface area (Å²) in [4.78, 5) is 0. The fourth-order valence-corrected chi connectivity index (χ4v) is 3.73. The minimum absolute atomic E-state index is 0.546. The van der Waals surface area contributed by atoms with Gasteiger partial charge < -0.3 is 8.98 Å². The maximum absolute atomic E-state index is 5.97. The van der Waals surface area contributed by atoms with Crippen LogP contribution in [0.3, 0.4) is 0 Å². The van der Waals surface area contributed by atoms with Gasteiger partial charge in [-0.05, 0) is 42.7 Å². The van der Waals surface area contributed by atoms with E-state index in [0.29, 0.717) is 11.8 Å². The molecule has 0 fully saturated rings. The SMILES string of the molecule is Brc1ccc(-c2nnc(-c3cn4c5c(cccc35)CCC4)o2)cc1. The van der Waals surface area contributed by atoms with E-state index in [2.05, 4.69) is 55.1 Å². The van der Waals surface area contributed by atoms with Crippen LogP contribution in [0.25, 0.3) is 33.8 Å². The van der Waals surface area contributed by atoms with Gasteiger partial charge in [-0.15, -0.1) is 10.2 Å². The van der Waals surface area contributed by atoms with E-state index in [1.165, 1.54) is 22.9 Å². The Morgan fingerprint density at radius 2 is 1.83 bits per heavy atom. The van der Waals surface area contributed by atoms with Crippen molar-refractivity contribution in [3.63, 3.8) is 0 Å². The zero-order valence-corrected chi connectivity index (χ0v) is 14.5. The second-order valence-corrected chi connectivity index (χ2v) is 6.99. The summed E-state index contributed by atoms with van der Waals surface area (Å²) in [5, 5.41) is 9.72. The summed E-state index contributed by atoms with van der Waals surface area (Å²) < 4.78 is 9.31. The Kier molecular flexibility index (Phi) is 3.10. The van der Waals surface area contributed by atoms with Gasteiger partial charge in [-0.1, -0.05) is 34.1 Å². The van der Waals surface area contributed by atoms with Crippen LogP contribution >= 0.6 is 15.9 Å². The molecule has 5 heteroatoms. The van der Waals surface area contributed by atoms with Crippen molar-refractivity contribution in [3.05, 3.63) is 58.7 Å². The number of para-hydroxylation sites is 1. The molecule has 0 spiro atoms. The Labute approximate surface area is 147 Å². The van der Waals surface area contributed by atoms with E-state index in [9.17, 15) is 0 Å². The van der Waals surface area contributed by atoms with E-state index < -0.39 is 0 Å². The third kappa shape index (κ3) is 2.12. The van der Waals surface area contributed by atoms with Gasteiger partial charge in [0.05, 0.1) is 11.1 Å². The van der Waals surface area contributed by atoms with Crippen molar-refractivity contribution in [2.75, 3.05) is 0 Å². The molecule has 0 saturated heterocycles. The Bertz CT molecular complexity index is 1050. The van der Waals surface area contributed by atoms with Gasteiger partial charge in [-0.3, -0.25) is 0 Å². The fraction of sp³-hybridized carbons (Fsp3) is 0.158. The molecule has 0 unspecified atom stereocenters. The van der Waals surface area contributed by atoms with Gasteiger partial charge in [0.1, 0.15) is 0 Å². The Balaban J connectivity index is 1.64. The molecule has 2 aromatic heterocycles. The average Bonchev–Trinajstić information content (AvgIpc) is 3.23. The lowest BCUT2D eigenvalue weighted by Crippen LogP contribution is -2.05. The maximum atomic E-state index is 5.97. The first kappa shape index (κ1) is 14.0. The molecule has 0 atom stereocenters. The monoisotopic (exact) mass is 379 g/mol. The first-order valence-corrected chi connectivity index (χ1v) is 8.79. The van der Waals surface area contributed by atoms with Gasteiger partial charge in [0.2, 0.25) is 11.8 Å². The summed E-state index contributed by atoms with van der Waals surface area (Å²) in [5.41, 5.74) is 4.65. The van der Waals surface area contributed by atoms with Crippen molar-refractivity contribution in [3.8, 4) is 22.9 Å². The number of nitrogens with zero attached hydrogens (tertiary/aromatic N) is 3. The molecular weight excluding hydrogens is 366 g/mol. The number of hydrogen-bond acceptors (Lipinski definition) is 3. The number of aromatic nitrogens is 3. The Morgan fingerprint density at radius 3 is 2.71 bits per heavy atom. The van der Waals surface area contributed by atoms with Crippen molar-refractivity contribution in [2.45, 2.75) is 19.4 Å². The van der Waals surface area contributed by atoms with Crippen LogP contribution in [0.1, 0.15) is 12.0 Å². The van der Waals surface area contributed by atoms with Gasteiger partial charge in [0.25, 0.3) is 0 Å². The number of aryl methyl sites for hydroxylation is 2. The molecular formula is C19H14BrN3O. The third-order valence-corrected chi connectivity index (χ3v) is 5.10. The lowest BCUT2D eigenvalue weighted by molar-refractivity contribution is 0.584. The van der Waals surface area contributed by atoms with Crippen molar-refractivity contribution in [1.82, 2.24) is 14.8 Å². The smallest absolute Gasteiger partial charge is 0.250 e. The third-order valence-electron chi connectivity index (χ3n) is 4.57. The average molecular weight is 380 g/mol. The minimum atomic E-state index is 0.546. The predicted molar refractivity (Wildman–Crippen MR) is 96.7 cm³/mol. The Hall–Kier alpha value is -2.40. The standard InChI is InChI=1S/C19H14BrN3O/c20-14-8-6-13(7-9-14)18-21-22-19(24-18)16-11-23-10-2-4-12-3-1-5-15(16)17(12)23/h1,3,5-9,11H,2,4,10H2. The molecule has 3 heterocycles. The van der Waals surface area contributed by atoms with Crippen molar-refractivity contribution in [1.29, 1.82) is 0 Å². The summed E-state index contributed by atoms with van der Waals surface area (Å²) >= 11 is 3.44. The lowest BCUT2D eigenvalue weighted by atomic mass is 10.0. The molecule has 1 aliphatic heterocycles. The summed E-state index contributed by atoms with van der Waals surface area (Å²) in [6, 6.07) is 14.3. The summed E-state index contributed by atoms with van der Waals surface area (Å²) in [5.74, 6) is 1.13. The second kappa shape index (κ2) is 5.31. The van der Waals surface area contributed by atoms with E-state index in [1.807, 2.05) is 24.3 Å². The fourth-order valence-electron chi connectivity index (χ4n) is 3.47. The van der Waals surface area contributed by atoms with Crippen LogP contribution in [0.2, 0.25) is 0 Å². The number of hydrogen-bond donors (Lipinski definition) is 0. The first-order chi connectivity index (χ1) is 11.8. The predicted octanol–water partition coefficient (Wildman–Crippen LogP) is 5.07. The quantitative estimate of drug-likeness (QED) is 0.488. The van der Waals surface area contributed by atoms with Gasteiger partial charge in [-0.25, -0.2) is 0 Å². The van der Waals surface area contributed by atoms with Crippen LogP contribution in [0.5, 0.6) is 0 Å². The highest BCUT2D eigenvalue weighted by atomic mass is 79.9. The molecule has 118 valence electrons. The zero-order valence-electron chi connectivity index (χ0n) is 12.9. The van der Waals surface area contributed by atoms with Crippen LogP contribution < -0.4 is 0 Å². The topological polar surface area (TPSA) is 43.9 Å². The number of halogens is 1.